The quantitative estimate of drug-likeness (QED) is 0.563. The van der Waals surface area contributed by atoms with Gasteiger partial charge in [0.2, 0.25) is 17.7 Å². The molecule has 0 aliphatic carbocycles. The number of nitrogens with one attached hydrogen (secondary N) is 2. The summed E-state index contributed by atoms with van der Waals surface area (Å²) in [4.78, 5) is 41.4. The molecule has 8 heteroatoms. The van der Waals surface area contributed by atoms with Gasteiger partial charge in [-0.05, 0) is 37.0 Å². The Morgan fingerprint density at radius 1 is 1.24 bits per heavy atom. The van der Waals surface area contributed by atoms with Crippen LogP contribution in [-0.4, -0.2) is 48.9 Å². The van der Waals surface area contributed by atoms with Gasteiger partial charge in [0.25, 0.3) is 0 Å². The zero-order chi connectivity index (χ0) is 21.1. The van der Waals surface area contributed by atoms with Gasteiger partial charge in [-0.1, -0.05) is 25.4 Å². The number of imide groups is 1. The summed E-state index contributed by atoms with van der Waals surface area (Å²) >= 11 is 6.32. The van der Waals surface area contributed by atoms with Crippen molar-refractivity contribution in [1.82, 2.24) is 10.2 Å². The minimum Gasteiger partial charge on any atom is -0.385 e. The maximum atomic E-state index is 13.5. The number of methoxy groups -OCH3 is 1. The van der Waals surface area contributed by atoms with Crippen molar-refractivity contribution in [3.05, 3.63) is 28.3 Å². The van der Waals surface area contributed by atoms with Gasteiger partial charge in [0.1, 0.15) is 5.54 Å². The Hall–Kier alpha value is -1.96. The van der Waals surface area contributed by atoms with Crippen LogP contribution >= 0.6 is 11.6 Å². The molecule has 1 aromatic carbocycles. The number of likely N-dealkylation sites (tertiary alicyclic amines) is 1. The van der Waals surface area contributed by atoms with Crippen molar-refractivity contribution >= 4 is 35.0 Å². The molecule has 3 heterocycles. The van der Waals surface area contributed by atoms with Gasteiger partial charge in [-0.25, -0.2) is 0 Å². The van der Waals surface area contributed by atoms with Gasteiger partial charge in [0.05, 0.1) is 11.8 Å². The third-order valence-electron chi connectivity index (χ3n) is 6.46. The number of hydrogen-bond donors (Lipinski definition) is 2. The highest BCUT2D eigenvalue weighted by Crippen LogP contribution is 2.54. The predicted octanol–water partition coefficient (Wildman–Crippen LogP) is 2.06. The number of hydrogen-bond acceptors (Lipinski definition) is 5. The molecule has 0 saturated carbocycles. The van der Waals surface area contributed by atoms with E-state index in [9.17, 15) is 14.4 Å². The highest BCUT2D eigenvalue weighted by Gasteiger charge is 2.70. The summed E-state index contributed by atoms with van der Waals surface area (Å²) in [5.41, 5.74) is 0.879. The molecule has 0 bridgehead atoms. The number of ether oxygens (including phenoxy) is 1. The summed E-state index contributed by atoms with van der Waals surface area (Å²) in [6.07, 6.45) is 0.563. The molecule has 4 rings (SSSR count). The van der Waals surface area contributed by atoms with Gasteiger partial charge in [0.15, 0.2) is 0 Å². The second-order valence-electron chi connectivity index (χ2n) is 8.50. The van der Waals surface area contributed by atoms with Crippen LogP contribution in [-0.2, 0) is 24.7 Å². The average molecular weight is 420 g/mol. The van der Waals surface area contributed by atoms with E-state index in [1.54, 1.807) is 19.2 Å². The van der Waals surface area contributed by atoms with Gasteiger partial charge >= 0.3 is 0 Å². The predicted molar refractivity (Wildman–Crippen MR) is 108 cm³/mol. The van der Waals surface area contributed by atoms with E-state index in [-0.39, 0.29) is 29.7 Å². The fourth-order valence-electron chi connectivity index (χ4n) is 5.19. The van der Waals surface area contributed by atoms with Crippen molar-refractivity contribution in [2.45, 2.75) is 38.8 Å². The van der Waals surface area contributed by atoms with E-state index in [1.165, 1.54) is 4.90 Å². The zero-order valence-corrected chi connectivity index (χ0v) is 17.8. The van der Waals surface area contributed by atoms with E-state index in [1.807, 2.05) is 20.8 Å². The molecule has 2 fully saturated rings. The van der Waals surface area contributed by atoms with E-state index >= 15 is 0 Å². The molecule has 156 valence electrons. The van der Waals surface area contributed by atoms with Crippen LogP contribution in [0, 0.1) is 24.7 Å². The van der Waals surface area contributed by atoms with Gasteiger partial charge in [-0.15, -0.1) is 0 Å². The lowest BCUT2D eigenvalue weighted by molar-refractivity contribution is -0.143. The Morgan fingerprint density at radius 3 is 2.62 bits per heavy atom. The molecule has 29 heavy (non-hydrogen) atoms. The number of nitrogens with zero attached hydrogens (tertiary/aromatic N) is 1. The Bertz CT molecular complexity index is 902. The van der Waals surface area contributed by atoms with Crippen molar-refractivity contribution < 1.29 is 19.1 Å². The molecule has 4 unspecified atom stereocenters. The monoisotopic (exact) mass is 419 g/mol. The van der Waals surface area contributed by atoms with Crippen LogP contribution in [0.25, 0.3) is 0 Å². The van der Waals surface area contributed by atoms with E-state index < -0.39 is 17.4 Å². The number of carbonyl (C=O) groups is 3. The van der Waals surface area contributed by atoms with Gasteiger partial charge in [0, 0.05) is 42.6 Å². The largest absolute Gasteiger partial charge is 0.385 e. The van der Waals surface area contributed by atoms with E-state index in [4.69, 9.17) is 16.3 Å². The maximum Gasteiger partial charge on any atom is 0.250 e. The molecule has 3 aliphatic heterocycles. The molecule has 3 aliphatic rings. The van der Waals surface area contributed by atoms with Crippen molar-refractivity contribution in [3.63, 3.8) is 0 Å². The number of amides is 3. The zero-order valence-electron chi connectivity index (χ0n) is 17.0. The molecule has 4 atom stereocenters. The highest BCUT2D eigenvalue weighted by atomic mass is 35.5. The lowest BCUT2D eigenvalue weighted by atomic mass is 9.75. The van der Waals surface area contributed by atoms with Crippen molar-refractivity contribution in [2.24, 2.45) is 17.8 Å². The lowest BCUT2D eigenvalue weighted by Gasteiger charge is -2.30. The third kappa shape index (κ3) is 2.75. The van der Waals surface area contributed by atoms with Gasteiger partial charge in [-0.3, -0.25) is 24.6 Å². The van der Waals surface area contributed by atoms with E-state index in [0.717, 1.165) is 5.56 Å². The molecular weight excluding hydrogens is 394 g/mol. The number of anilines is 1. The molecule has 2 N–H and O–H groups in total. The summed E-state index contributed by atoms with van der Waals surface area (Å²) < 4.78 is 5.07. The number of carbonyl (C=O) groups excluding carboxylic acids is 3. The fraction of sp³-hybridized carbons (Fsp3) is 0.571. The van der Waals surface area contributed by atoms with Crippen LogP contribution in [0.4, 0.5) is 5.69 Å². The first-order valence-corrected chi connectivity index (χ1v) is 10.4. The Kier molecular flexibility index (Phi) is 4.96. The lowest BCUT2D eigenvalue weighted by Crippen LogP contribution is -2.54. The van der Waals surface area contributed by atoms with Crippen molar-refractivity contribution in [1.29, 1.82) is 0 Å². The van der Waals surface area contributed by atoms with Crippen LogP contribution in [0.1, 0.15) is 31.4 Å². The normalized spacial score (nSPS) is 30.5. The fourth-order valence-corrected chi connectivity index (χ4v) is 5.46. The summed E-state index contributed by atoms with van der Waals surface area (Å²) in [5, 5.41) is 6.85. The first-order valence-electron chi connectivity index (χ1n) is 9.98. The first kappa shape index (κ1) is 20.3. The molecule has 3 amide bonds. The Balaban J connectivity index is 1.84. The minimum atomic E-state index is -1.28. The van der Waals surface area contributed by atoms with E-state index in [0.29, 0.717) is 35.8 Å². The second kappa shape index (κ2) is 7.07. The van der Waals surface area contributed by atoms with Crippen LogP contribution in [0.5, 0.6) is 0 Å². The molecule has 0 radical (unpaired) electrons. The Labute approximate surface area is 175 Å². The topological polar surface area (TPSA) is 87.7 Å². The first-order chi connectivity index (χ1) is 13.7. The van der Waals surface area contributed by atoms with Crippen LogP contribution < -0.4 is 10.6 Å². The van der Waals surface area contributed by atoms with Crippen LogP contribution in [0.15, 0.2) is 12.1 Å². The van der Waals surface area contributed by atoms with Crippen LogP contribution in [0.2, 0.25) is 5.02 Å². The molecule has 1 aromatic rings. The highest BCUT2D eigenvalue weighted by molar-refractivity contribution is 6.31. The minimum absolute atomic E-state index is 0.0645. The molecule has 0 aromatic heterocycles. The van der Waals surface area contributed by atoms with Crippen LogP contribution in [0.3, 0.4) is 0 Å². The van der Waals surface area contributed by atoms with Gasteiger partial charge < -0.3 is 10.1 Å². The van der Waals surface area contributed by atoms with Gasteiger partial charge in [-0.2, -0.15) is 0 Å². The summed E-state index contributed by atoms with van der Waals surface area (Å²) in [7, 11) is 1.59. The second-order valence-corrected chi connectivity index (χ2v) is 8.94. The number of benzene rings is 1. The summed E-state index contributed by atoms with van der Waals surface area (Å²) in [6, 6.07) is 3.23. The Morgan fingerprint density at radius 2 is 1.97 bits per heavy atom. The standard InChI is InChI=1S/C21H26ClN3O4/c1-10(2)16-14-15(19(27)25(18(14)26)6-5-7-29-4)21(24-16)13-9-12(22)8-11(3)17(13)23-20(21)28/h8-10,14-16,24H,5-7H2,1-4H3,(H,23,28). The van der Waals surface area contributed by atoms with E-state index in [2.05, 4.69) is 10.6 Å². The number of aryl methyl sites for hydroxylation is 1. The van der Waals surface area contributed by atoms with Crippen molar-refractivity contribution in [3.8, 4) is 0 Å². The summed E-state index contributed by atoms with van der Waals surface area (Å²) in [5.74, 6) is -2.11. The number of fused-ring (bicyclic) bond motifs is 4. The summed E-state index contributed by atoms with van der Waals surface area (Å²) in [6.45, 7) is 6.62. The molecule has 7 nitrogen and oxygen atoms in total. The SMILES string of the molecule is COCCCN1C(=O)C2C(C(C)C)NC3(C(=O)Nc4c(C)cc(Cl)cc43)C2C1=O. The smallest absolute Gasteiger partial charge is 0.250 e. The van der Waals surface area contributed by atoms with Crippen molar-refractivity contribution in [2.75, 3.05) is 25.6 Å². The number of rotatable bonds is 5. The molecular formula is C21H26ClN3O4. The number of halogens is 1. The maximum absolute atomic E-state index is 13.5. The third-order valence-corrected chi connectivity index (χ3v) is 6.68. The average Bonchev–Trinajstić information content (AvgIpc) is 3.24. The molecule has 2 saturated heterocycles. The molecule has 1 spiro atoms.